The second-order valence-corrected chi connectivity index (χ2v) is 8.46. The van der Waals surface area contributed by atoms with Gasteiger partial charge in [0.1, 0.15) is 5.01 Å². The lowest BCUT2D eigenvalue weighted by Crippen LogP contribution is -2.15. The van der Waals surface area contributed by atoms with Crippen molar-refractivity contribution in [2.24, 2.45) is 0 Å². The third-order valence-corrected chi connectivity index (χ3v) is 6.14. The van der Waals surface area contributed by atoms with Crippen molar-refractivity contribution in [2.75, 3.05) is 5.32 Å². The first-order valence-corrected chi connectivity index (χ1v) is 10.7. The largest absolute Gasteiger partial charge is 0.325 e. The van der Waals surface area contributed by atoms with Crippen molar-refractivity contribution in [1.29, 1.82) is 0 Å². The van der Waals surface area contributed by atoms with Crippen LogP contribution in [-0.4, -0.2) is 20.5 Å². The monoisotopic (exact) mass is 402 g/mol. The van der Waals surface area contributed by atoms with E-state index in [9.17, 15) is 9.59 Å². The molecule has 0 aliphatic rings. The van der Waals surface area contributed by atoms with Gasteiger partial charge in [0.2, 0.25) is 10.9 Å². The predicted octanol–water partition coefficient (Wildman–Crippen LogP) is 4.31. The average molecular weight is 403 g/mol. The first-order chi connectivity index (χ1) is 13.0. The highest BCUT2D eigenvalue weighted by Crippen LogP contribution is 2.30. The van der Waals surface area contributed by atoms with Gasteiger partial charge in [-0.05, 0) is 18.6 Å². The fourth-order valence-electron chi connectivity index (χ4n) is 2.47. The fourth-order valence-corrected chi connectivity index (χ4v) is 4.29. The highest BCUT2D eigenvalue weighted by Gasteiger charge is 2.12. The molecule has 8 heteroatoms. The number of carbonyl (C=O) groups is 1. The number of nitrogens with one attached hydrogen (secondary N) is 1. The molecular formula is C19H22N4O2S2. The molecule has 6 nitrogen and oxygen atoms in total. The van der Waals surface area contributed by atoms with Crippen LogP contribution in [0.1, 0.15) is 50.2 Å². The molecule has 1 N–H and O–H groups in total. The lowest BCUT2D eigenvalue weighted by molar-refractivity contribution is -0.116. The van der Waals surface area contributed by atoms with Crippen LogP contribution in [0.5, 0.6) is 0 Å². The zero-order valence-electron chi connectivity index (χ0n) is 15.6. The number of benzene rings is 1. The molecule has 0 saturated carbocycles. The summed E-state index contributed by atoms with van der Waals surface area (Å²) in [5.41, 5.74) is 1.33. The predicted molar refractivity (Wildman–Crippen MR) is 111 cm³/mol. The standard InChI is InChI=1S/C19H22N4O2S2/c1-4-7-16(24)21-14-8-5-6-9-15(14)26-11-13-10-17(25)23-19(20-13)27-18(22-23)12(2)3/h5-6,8-10,12H,4,7,11H2,1-3H3,(H,21,24). The van der Waals surface area contributed by atoms with Crippen LogP contribution in [0.25, 0.3) is 4.96 Å². The minimum absolute atomic E-state index is 0.00853. The lowest BCUT2D eigenvalue weighted by atomic mass is 10.2. The quantitative estimate of drug-likeness (QED) is 0.596. The van der Waals surface area contributed by atoms with Crippen LogP contribution in [0.2, 0.25) is 0 Å². The summed E-state index contributed by atoms with van der Waals surface area (Å²) in [7, 11) is 0. The first-order valence-electron chi connectivity index (χ1n) is 8.89. The Balaban J connectivity index is 1.79. The number of thioether (sulfide) groups is 1. The Kier molecular flexibility index (Phi) is 6.28. The van der Waals surface area contributed by atoms with Crippen LogP contribution >= 0.6 is 23.1 Å². The molecule has 0 saturated heterocycles. The Hall–Kier alpha value is -2.19. The zero-order valence-corrected chi connectivity index (χ0v) is 17.2. The maximum atomic E-state index is 12.3. The number of fused-ring (bicyclic) bond motifs is 1. The van der Waals surface area contributed by atoms with Crippen molar-refractivity contribution in [3.8, 4) is 0 Å². The van der Waals surface area contributed by atoms with Crippen molar-refractivity contribution in [1.82, 2.24) is 14.6 Å². The van der Waals surface area contributed by atoms with Crippen LogP contribution in [0, 0.1) is 0 Å². The molecule has 0 radical (unpaired) electrons. The number of carbonyl (C=O) groups excluding carboxylic acids is 1. The molecule has 0 unspecified atom stereocenters. The van der Waals surface area contributed by atoms with Gasteiger partial charge in [0.25, 0.3) is 5.56 Å². The molecular weight excluding hydrogens is 380 g/mol. The Labute approximate surface area is 166 Å². The van der Waals surface area contributed by atoms with E-state index in [4.69, 9.17) is 0 Å². The van der Waals surface area contributed by atoms with Crippen LogP contribution in [0.3, 0.4) is 0 Å². The topological polar surface area (TPSA) is 76.4 Å². The van der Waals surface area contributed by atoms with Crippen molar-refractivity contribution < 1.29 is 4.79 Å². The first kappa shape index (κ1) is 19.6. The number of hydrogen-bond acceptors (Lipinski definition) is 6. The summed E-state index contributed by atoms with van der Waals surface area (Å²) in [6.45, 7) is 6.07. The Bertz CT molecular complexity index is 1010. The van der Waals surface area contributed by atoms with Crippen molar-refractivity contribution in [2.45, 2.75) is 50.2 Å². The van der Waals surface area contributed by atoms with Crippen LogP contribution in [0.4, 0.5) is 5.69 Å². The normalized spacial score (nSPS) is 11.3. The molecule has 1 amide bonds. The molecule has 0 aliphatic carbocycles. The van der Waals surface area contributed by atoms with Gasteiger partial charge in [0.05, 0.1) is 11.4 Å². The van der Waals surface area contributed by atoms with E-state index in [0.717, 1.165) is 22.0 Å². The molecule has 0 fully saturated rings. The third kappa shape index (κ3) is 4.75. The second-order valence-electron chi connectivity index (χ2n) is 6.46. The fraction of sp³-hybridized carbons (Fsp3) is 0.368. The van der Waals surface area contributed by atoms with E-state index in [-0.39, 0.29) is 17.4 Å². The van der Waals surface area contributed by atoms with Crippen molar-refractivity contribution >= 4 is 39.7 Å². The summed E-state index contributed by atoms with van der Waals surface area (Å²) < 4.78 is 1.37. The molecule has 3 rings (SSSR count). The molecule has 3 aromatic rings. The average Bonchev–Trinajstić information content (AvgIpc) is 3.06. The van der Waals surface area contributed by atoms with Gasteiger partial charge in [0.15, 0.2) is 0 Å². The maximum Gasteiger partial charge on any atom is 0.275 e. The van der Waals surface area contributed by atoms with E-state index in [1.807, 2.05) is 45.0 Å². The molecule has 0 bridgehead atoms. The van der Waals surface area contributed by atoms with E-state index in [1.54, 1.807) is 11.8 Å². The van der Waals surface area contributed by atoms with E-state index >= 15 is 0 Å². The molecule has 0 spiro atoms. The maximum absolute atomic E-state index is 12.3. The van der Waals surface area contributed by atoms with Gasteiger partial charge in [-0.1, -0.05) is 44.2 Å². The Morgan fingerprint density at radius 3 is 2.85 bits per heavy atom. The van der Waals surface area contributed by atoms with E-state index in [0.29, 0.717) is 22.8 Å². The number of nitrogens with zero attached hydrogens (tertiary/aromatic N) is 3. The van der Waals surface area contributed by atoms with Crippen LogP contribution < -0.4 is 10.9 Å². The molecule has 0 atom stereocenters. The summed E-state index contributed by atoms with van der Waals surface area (Å²) in [4.78, 5) is 30.4. The highest BCUT2D eigenvalue weighted by molar-refractivity contribution is 7.98. The second kappa shape index (κ2) is 8.67. The van der Waals surface area contributed by atoms with Gasteiger partial charge in [-0.3, -0.25) is 9.59 Å². The van der Waals surface area contributed by atoms with E-state index < -0.39 is 0 Å². The van der Waals surface area contributed by atoms with Gasteiger partial charge < -0.3 is 5.32 Å². The van der Waals surface area contributed by atoms with Crippen LogP contribution in [-0.2, 0) is 10.5 Å². The van der Waals surface area contributed by atoms with E-state index in [1.165, 1.54) is 21.9 Å². The van der Waals surface area contributed by atoms with Crippen molar-refractivity contribution in [3.63, 3.8) is 0 Å². The molecule has 2 aromatic heterocycles. The number of amides is 1. The molecule has 0 aliphatic heterocycles. The number of hydrogen-bond donors (Lipinski definition) is 1. The number of para-hydroxylation sites is 1. The van der Waals surface area contributed by atoms with Gasteiger partial charge in [0, 0.05) is 29.1 Å². The van der Waals surface area contributed by atoms with Gasteiger partial charge in [-0.15, -0.1) is 11.8 Å². The summed E-state index contributed by atoms with van der Waals surface area (Å²) in [6.07, 6.45) is 1.31. The summed E-state index contributed by atoms with van der Waals surface area (Å²) in [6, 6.07) is 9.21. The molecule has 27 heavy (non-hydrogen) atoms. The van der Waals surface area contributed by atoms with Gasteiger partial charge in [-0.2, -0.15) is 9.61 Å². The smallest absolute Gasteiger partial charge is 0.275 e. The minimum Gasteiger partial charge on any atom is -0.325 e. The van der Waals surface area contributed by atoms with Crippen LogP contribution in [0.15, 0.2) is 40.0 Å². The summed E-state index contributed by atoms with van der Waals surface area (Å²) in [5.74, 6) is 0.808. The SMILES string of the molecule is CCCC(=O)Nc1ccccc1SCc1cc(=O)n2nc(C(C)C)sc2n1. The third-order valence-electron chi connectivity index (χ3n) is 3.82. The Morgan fingerprint density at radius 2 is 2.11 bits per heavy atom. The highest BCUT2D eigenvalue weighted by atomic mass is 32.2. The van der Waals surface area contributed by atoms with Gasteiger partial charge in [-0.25, -0.2) is 4.98 Å². The summed E-state index contributed by atoms with van der Waals surface area (Å²) in [5, 5.41) is 8.19. The number of rotatable bonds is 7. The lowest BCUT2D eigenvalue weighted by Gasteiger charge is -2.10. The minimum atomic E-state index is -0.164. The molecule has 1 aromatic carbocycles. The molecule has 2 heterocycles. The summed E-state index contributed by atoms with van der Waals surface area (Å²) >= 11 is 3.00. The van der Waals surface area contributed by atoms with Gasteiger partial charge >= 0.3 is 0 Å². The zero-order chi connectivity index (χ0) is 19.4. The number of anilines is 1. The number of aromatic nitrogens is 3. The Morgan fingerprint density at radius 1 is 1.33 bits per heavy atom. The van der Waals surface area contributed by atoms with E-state index in [2.05, 4.69) is 15.4 Å². The molecule has 142 valence electrons. The van der Waals surface area contributed by atoms with Crippen molar-refractivity contribution in [3.05, 3.63) is 51.4 Å².